The standard InChI is InChI=1S/C11H10ClNOS/c1-7-3-11(14-2)8(4-9(7)12)10-5-15-6-13-10/h3-6H,1-2H3. The average Bonchev–Trinajstić information content (AvgIpc) is 2.74. The third-order valence-corrected chi connectivity index (χ3v) is 3.18. The van der Waals surface area contributed by atoms with Crippen molar-refractivity contribution < 1.29 is 4.74 Å². The molecule has 1 aromatic heterocycles. The Morgan fingerprint density at radius 2 is 2.20 bits per heavy atom. The SMILES string of the molecule is COc1cc(C)c(Cl)cc1-c1cscn1. The van der Waals surface area contributed by atoms with Gasteiger partial charge in [-0.25, -0.2) is 4.98 Å². The summed E-state index contributed by atoms with van der Waals surface area (Å²) in [5, 5.41) is 2.71. The van der Waals surface area contributed by atoms with Crippen LogP contribution in [0.4, 0.5) is 0 Å². The molecule has 0 spiro atoms. The second-order valence-corrected chi connectivity index (χ2v) is 4.30. The molecule has 0 N–H and O–H groups in total. The van der Waals surface area contributed by atoms with Crippen LogP contribution in [0.1, 0.15) is 5.56 Å². The lowest BCUT2D eigenvalue weighted by atomic mass is 10.1. The van der Waals surface area contributed by atoms with Crippen molar-refractivity contribution in [2.24, 2.45) is 0 Å². The zero-order chi connectivity index (χ0) is 10.8. The summed E-state index contributed by atoms with van der Waals surface area (Å²) in [6.45, 7) is 1.95. The van der Waals surface area contributed by atoms with E-state index in [1.165, 1.54) is 0 Å². The van der Waals surface area contributed by atoms with E-state index in [-0.39, 0.29) is 0 Å². The quantitative estimate of drug-likeness (QED) is 0.796. The molecular weight excluding hydrogens is 230 g/mol. The van der Waals surface area contributed by atoms with Gasteiger partial charge < -0.3 is 4.74 Å². The monoisotopic (exact) mass is 239 g/mol. The highest BCUT2D eigenvalue weighted by molar-refractivity contribution is 7.07. The van der Waals surface area contributed by atoms with Gasteiger partial charge in [-0.2, -0.15) is 0 Å². The highest BCUT2D eigenvalue weighted by Gasteiger charge is 2.10. The molecule has 15 heavy (non-hydrogen) atoms. The number of aryl methyl sites for hydroxylation is 1. The zero-order valence-corrected chi connectivity index (χ0v) is 10.0. The lowest BCUT2D eigenvalue weighted by Crippen LogP contribution is -1.90. The van der Waals surface area contributed by atoms with E-state index in [2.05, 4.69) is 4.98 Å². The lowest BCUT2D eigenvalue weighted by molar-refractivity contribution is 0.416. The van der Waals surface area contributed by atoms with Crippen LogP contribution in [0.15, 0.2) is 23.0 Å². The van der Waals surface area contributed by atoms with E-state index in [0.717, 1.165) is 27.6 Å². The number of benzene rings is 1. The number of hydrogen-bond acceptors (Lipinski definition) is 3. The highest BCUT2D eigenvalue weighted by Crippen LogP contribution is 2.34. The second kappa shape index (κ2) is 4.21. The molecule has 2 rings (SSSR count). The third-order valence-electron chi connectivity index (χ3n) is 2.19. The molecule has 2 nitrogen and oxygen atoms in total. The molecule has 2 aromatic rings. The summed E-state index contributed by atoms with van der Waals surface area (Å²) in [4.78, 5) is 4.25. The number of halogens is 1. The molecule has 0 aliphatic heterocycles. The van der Waals surface area contributed by atoms with Crippen LogP contribution in [0.25, 0.3) is 11.3 Å². The number of nitrogens with zero attached hydrogens (tertiary/aromatic N) is 1. The minimum absolute atomic E-state index is 0.735. The van der Waals surface area contributed by atoms with Gasteiger partial charge in [-0.05, 0) is 24.6 Å². The molecule has 0 radical (unpaired) electrons. The Morgan fingerprint density at radius 1 is 1.40 bits per heavy atom. The van der Waals surface area contributed by atoms with Crippen molar-refractivity contribution in [1.29, 1.82) is 0 Å². The molecule has 0 atom stereocenters. The summed E-state index contributed by atoms with van der Waals surface area (Å²) in [6.07, 6.45) is 0. The molecule has 0 unspecified atom stereocenters. The molecule has 78 valence electrons. The van der Waals surface area contributed by atoms with Gasteiger partial charge in [-0.3, -0.25) is 0 Å². The molecule has 1 heterocycles. The molecule has 0 saturated carbocycles. The molecular formula is C11H10ClNOS. The van der Waals surface area contributed by atoms with Crippen molar-refractivity contribution in [3.63, 3.8) is 0 Å². The van der Waals surface area contributed by atoms with Gasteiger partial charge in [0.1, 0.15) is 5.75 Å². The Bertz CT molecular complexity index is 468. The largest absolute Gasteiger partial charge is 0.496 e. The minimum atomic E-state index is 0.735. The van der Waals surface area contributed by atoms with Crippen molar-refractivity contribution >= 4 is 22.9 Å². The van der Waals surface area contributed by atoms with E-state index in [9.17, 15) is 0 Å². The minimum Gasteiger partial charge on any atom is -0.496 e. The average molecular weight is 240 g/mol. The predicted molar refractivity (Wildman–Crippen MR) is 63.8 cm³/mol. The van der Waals surface area contributed by atoms with E-state index in [4.69, 9.17) is 16.3 Å². The predicted octanol–water partition coefficient (Wildman–Crippen LogP) is 3.78. The fourth-order valence-electron chi connectivity index (χ4n) is 1.37. The molecule has 0 aliphatic carbocycles. The normalized spacial score (nSPS) is 10.3. The molecule has 0 bridgehead atoms. The molecule has 0 aliphatic rings. The second-order valence-electron chi connectivity index (χ2n) is 3.18. The first-order valence-electron chi connectivity index (χ1n) is 4.45. The maximum atomic E-state index is 6.08. The van der Waals surface area contributed by atoms with Crippen LogP contribution in [0.5, 0.6) is 5.75 Å². The fraction of sp³-hybridized carbons (Fsp3) is 0.182. The van der Waals surface area contributed by atoms with Gasteiger partial charge in [0.2, 0.25) is 0 Å². The van der Waals surface area contributed by atoms with Crippen LogP contribution >= 0.6 is 22.9 Å². The summed E-state index contributed by atoms with van der Waals surface area (Å²) >= 11 is 7.63. The van der Waals surface area contributed by atoms with Crippen LogP contribution in [0.3, 0.4) is 0 Å². The van der Waals surface area contributed by atoms with Crippen LogP contribution < -0.4 is 4.74 Å². The van der Waals surface area contributed by atoms with E-state index in [1.54, 1.807) is 24.0 Å². The molecule has 0 fully saturated rings. The first-order valence-corrected chi connectivity index (χ1v) is 5.77. The molecule has 0 amide bonds. The topological polar surface area (TPSA) is 22.1 Å². The van der Waals surface area contributed by atoms with Gasteiger partial charge in [0.25, 0.3) is 0 Å². The fourth-order valence-corrected chi connectivity index (χ4v) is 2.09. The van der Waals surface area contributed by atoms with Crippen molar-refractivity contribution in [2.75, 3.05) is 7.11 Å². The number of methoxy groups -OCH3 is 1. The Labute approximate surface area is 97.5 Å². The Balaban J connectivity index is 2.60. The number of hydrogen-bond donors (Lipinski definition) is 0. The number of rotatable bonds is 2. The molecule has 4 heteroatoms. The first kappa shape index (κ1) is 10.5. The highest BCUT2D eigenvalue weighted by atomic mass is 35.5. The van der Waals surface area contributed by atoms with Gasteiger partial charge in [0.05, 0.1) is 18.3 Å². The summed E-state index contributed by atoms with van der Waals surface area (Å²) < 4.78 is 5.31. The number of thiazole rings is 1. The molecule has 0 saturated heterocycles. The Morgan fingerprint density at radius 3 is 2.80 bits per heavy atom. The van der Waals surface area contributed by atoms with Crippen molar-refractivity contribution in [2.45, 2.75) is 6.92 Å². The van der Waals surface area contributed by atoms with Gasteiger partial charge in [-0.1, -0.05) is 11.6 Å². The smallest absolute Gasteiger partial charge is 0.128 e. The molecule has 1 aromatic carbocycles. The van der Waals surface area contributed by atoms with E-state index >= 15 is 0 Å². The maximum Gasteiger partial charge on any atom is 0.128 e. The third kappa shape index (κ3) is 1.98. The number of aromatic nitrogens is 1. The number of ether oxygens (including phenoxy) is 1. The van der Waals surface area contributed by atoms with Gasteiger partial charge in [0, 0.05) is 16.0 Å². The van der Waals surface area contributed by atoms with Crippen LogP contribution in [-0.4, -0.2) is 12.1 Å². The summed E-state index contributed by atoms with van der Waals surface area (Å²) in [5.74, 6) is 0.808. The van der Waals surface area contributed by atoms with Gasteiger partial charge >= 0.3 is 0 Å². The van der Waals surface area contributed by atoms with Crippen LogP contribution in [0, 0.1) is 6.92 Å². The van der Waals surface area contributed by atoms with Gasteiger partial charge in [0.15, 0.2) is 0 Å². The van der Waals surface area contributed by atoms with Crippen molar-refractivity contribution in [1.82, 2.24) is 4.98 Å². The summed E-state index contributed by atoms with van der Waals surface area (Å²) in [7, 11) is 1.65. The Hall–Kier alpha value is -1.06. The summed E-state index contributed by atoms with van der Waals surface area (Å²) in [6, 6.07) is 3.82. The zero-order valence-electron chi connectivity index (χ0n) is 8.45. The first-order chi connectivity index (χ1) is 7.22. The van der Waals surface area contributed by atoms with E-state index in [1.807, 2.05) is 24.4 Å². The van der Waals surface area contributed by atoms with Gasteiger partial charge in [-0.15, -0.1) is 11.3 Å². The van der Waals surface area contributed by atoms with E-state index < -0.39 is 0 Å². The lowest BCUT2D eigenvalue weighted by Gasteiger charge is -2.08. The maximum absolute atomic E-state index is 6.08. The Kier molecular flexibility index (Phi) is 2.93. The summed E-state index contributed by atoms with van der Waals surface area (Å²) in [5.41, 5.74) is 4.64. The van der Waals surface area contributed by atoms with Crippen molar-refractivity contribution in [3.05, 3.63) is 33.6 Å². The van der Waals surface area contributed by atoms with E-state index in [0.29, 0.717) is 0 Å². The van der Waals surface area contributed by atoms with Crippen LogP contribution in [-0.2, 0) is 0 Å². The van der Waals surface area contributed by atoms with Crippen LogP contribution in [0.2, 0.25) is 5.02 Å². The van der Waals surface area contributed by atoms with Crippen molar-refractivity contribution in [3.8, 4) is 17.0 Å².